The molecule has 5 heteroatoms. The molecular formula is C24H31ClN2O2. The van der Waals surface area contributed by atoms with Crippen LogP contribution in [0.5, 0.6) is 11.5 Å². The Bertz CT molecular complexity index is 832. The van der Waals surface area contributed by atoms with Gasteiger partial charge in [0, 0.05) is 5.02 Å². The number of nitriles is 1. The first kappa shape index (κ1) is 23.1. The Kier molecular flexibility index (Phi) is 8.82. The topological polar surface area (TPSA) is 54.3 Å². The van der Waals surface area contributed by atoms with E-state index in [0.717, 1.165) is 49.4 Å². The molecule has 1 unspecified atom stereocenters. The van der Waals surface area contributed by atoms with Crippen molar-refractivity contribution in [1.29, 1.82) is 5.26 Å². The largest absolute Gasteiger partial charge is 0.493 e. The maximum atomic E-state index is 10.0. The Hall–Kier alpha value is -2.22. The van der Waals surface area contributed by atoms with Gasteiger partial charge in [-0.2, -0.15) is 5.26 Å². The first-order valence-corrected chi connectivity index (χ1v) is 10.4. The molecule has 2 aromatic rings. The van der Waals surface area contributed by atoms with Gasteiger partial charge in [0.25, 0.3) is 0 Å². The summed E-state index contributed by atoms with van der Waals surface area (Å²) in [5.74, 6) is 1.67. The normalized spacial score (nSPS) is 13.0. The van der Waals surface area contributed by atoms with Gasteiger partial charge in [0.1, 0.15) is 0 Å². The zero-order valence-electron chi connectivity index (χ0n) is 17.8. The van der Waals surface area contributed by atoms with Crippen LogP contribution in [0, 0.1) is 17.2 Å². The number of rotatable bonds is 11. The summed E-state index contributed by atoms with van der Waals surface area (Å²) in [4.78, 5) is 0. The van der Waals surface area contributed by atoms with Crippen LogP contribution in [0.1, 0.15) is 37.8 Å². The van der Waals surface area contributed by atoms with E-state index in [1.54, 1.807) is 14.2 Å². The Morgan fingerprint density at radius 1 is 1.07 bits per heavy atom. The first-order valence-electron chi connectivity index (χ1n) is 10.1. The van der Waals surface area contributed by atoms with Crippen LogP contribution in [0.4, 0.5) is 0 Å². The second kappa shape index (κ2) is 11.1. The number of hydrogen-bond acceptors (Lipinski definition) is 4. The summed E-state index contributed by atoms with van der Waals surface area (Å²) >= 11 is 6.42. The quantitative estimate of drug-likeness (QED) is 0.501. The van der Waals surface area contributed by atoms with Gasteiger partial charge < -0.3 is 14.8 Å². The van der Waals surface area contributed by atoms with E-state index in [-0.39, 0.29) is 5.92 Å². The number of methoxy groups -OCH3 is 2. The highest BCUT2D eigenvalue weighted by molar-refractivity contribution is 6.31. The van der Waals surface area contributed by atoms with Gasteiger partial charge in [-0.3, -0.25) is 0 Å². The fraction of sp³-hybridized carbons (Fsp3) is 0.458. The minimum atomic E-state index is -0.566. The Morgan fingerprint density at radius 3 is 2.41 bits per heavy atom. The van der Waals surface area contributed by atoms with E-state index in [1.807, 2.05) is 36.4 Å². The molecule has 1 N–H and O–H groups in total. The molecule has 2 aromatic carbocycles. The molecule has 0 aromatic heterocycles. The zero-order chi connectivity index (χ0) is 21.3. The van der Waals surface area contributed by atoms with E-state index >= 15 is 0 Å². The minimum absolute atomic E-state index is 0.180. The predicted octanol–water partition coefficient (Wildman–Crippen LogP) is 5.39. The van der Waals surface area contributed by atoms with Crippen LogP contribution in [-0.4, -0.2) is 27.3 Å². The van der Waals surface area contributed by atoms with E-state index < -0.39 is 5.41 Å². The highest BCUT2D eigenvalue weighted by atomic mass is 35.5. The van der Waals surface area contributed by atoms with E-state index in [1.165, 1.54) is 5.56 Å². The van der Waals surface area contributed by atoms with Gasteiger partial charge in [-0.25, -0.2) is 0 Å². The summed E-state index contributed by atoms with van der Waals surface area (Å²) in [6, 6.07) is 16.3. The van der Waals surface area contributed by atoms with Gasteiger partial charge in [0.15, 0.2) is 11.5 Å². The second-order valence-electron chi connectivity index (χ2n) is 7.51. The van der Waals surface area contributed by atoms with E-state index in [4.69, 9.17) is 21.1 Å². The van der Waals surface area contributed by atoms with E-state index in [2.05, 4.69) is 31.3 Å². The maximum absolute atomic E-state index is 10.0. The molecular weight excluding hydrogens is 384 g/mol. The number of nitrogens with zero attached hydrogens (tertiary/aromatic N) is 1. The lowest BCUT2D eigenvalue weighted by atomic mass is 9.70. The molecule has 0 aliphatic carbocycles. The van der Waals surface area contributed by atoms with E-state index in [9.17, 15) is 5.26 Å². The van der Waals surface area contributed by atoms with Gasteiger partial charge in [-0.1, -0.05) is 49.7 Å². The third-order valence-corrected chi connectivity index (χ3v) is 5.83. The molecule has 0 fully saturated rings. The predicted molar refractivity (Wildman–Crippen MR) is 119 cm³/mol. The third kappa shape index (κ3) is 5.65. The minimum Gasteiger partial charge on any atom is -0.493 e. The molecule has 0 saturated carbocycles. The fourth-order valence-corrected chi connectivity index (χ4v) is 3.99. The van der Waals surface area contributed by atoms with Crippen LogP contribution in [0.2, 0.25) is 5.02 Å². The zero-order valence-corrected chi connectivity index (χ0v) is 18.6. The van der Waals surface area contributed by atoms with Crippen LogP contribution in [0.15, 0.2) is 42.5 Å². The summed E-state index contributed by atoms with van der Waals surface area (Å²) in [6.45, 7) is 5.91. The number of halogens is 1. The van der Waals surface area contributed by atoms with Crippen LogP contribution in [-0.2, 0) is 11.8 Å². The molecule has 0 spiro atoms. The summed E-state index contributed by atoms with van der Waals surface area (Å²) in [5.41, 5.74) is 1.56. The molecule has 0 amide bonds. The van der Waals surface area contributed by atoms with Gasteiger partial charge in [0.2, 0.25) is 0 Å². The molecule has 156 valence electrons. The fourth-order valence-electron chi connectivity index (χ4n) is 3.69. The van der Waals surface area contributed by atoms with Crippen molar-refractivity contribution >= 4 is 11.6 Å². The number of hydrogen-bond donors (Lipinski definition) is 1. The molecule has 4 nitrogen and oxygen atoms in total. The van der Waals surface area contributed by atoms with Crippen molar-refractivity contribution in [3.05, 3.63) is 58.6 Å². The van der Waals surface area contributed by atoms with Crippen LogP contribution in [0.25, 0.3) is 0 Å². The Balaban J connectivity index is 1.88. The van der Waals surface area contributed by atoms with Crippen molar-refractivity contribution in [2.45, 2.75) is 38.5 Å². The Morgan fingerprint density at radius 2 is 1.79 bits per heavy atom. The molecule has 0 aliphatic rings. The third-order valence-electron chi connectivity index (χ3n) is 5.50. The summed E-state index contributed by atoms with van der Waals surface area (Å²) < 4.78 is 10.6. The van der Waals surface area contributed by atoms with E-state index in [0.29, 0.717) is 5.02 Å². The molecule has 2 rings (SSSR count). The molecule has 29 heavy (non-hydrogen) atoms. The number of nitrogens with one attached hydrogen (secondary N) is 1. The number of benzene rings is 2. The second-order valence-corrected chi connectivity index (χ2v) is 7.92. The summed E-state index contributed by atoms with van der Waals surface area (Å²) in [7, 11) is 3.29. The lowest BCUT2D eigenvalue weighted by molar-refractivity contribution is 0.354. The van der Waals surface area contributed by atoms with Crippen LogP contribution < -0.4 is 14.8 Å². The van der Waals surface area contributed by atoms with Crippen LogP contribution >= 0.6 is 11.6 Å². The first-order chi connectivity index (χ1) is 14.0. The van der Waals surface area contributed by atoms with Crippen molar-refractivity contribution in [2.75, 3.05) is 27.3 Å². The van der Waals surface area contributed by atoms with Crippen molar-refractivity contribution in [3.63, 3.8) is 0 Å². The SMILES string of the molecule is COc1ccc(CCNCCCC(C#N)(c2ccccc2Cl)C(C)C)cc1OC. The van der Waals surface area contributed by atoms with Gasteiger partial charge in [0.05, 0.1) is 25.7 Å². The van der Waals surface area contributed by atoms with Crippen molar-refractivity contribution in [1.82, 2.24) is 5.32 Å². The molecule has 0 saturated heterocycles. The lowest BCUT2D eigenvalue weighted by Gasteiger charge is -2.32. The van der Waals surface area contributed by atoms with Gasteiger partial charge in [-0.05, 0) is 67.6 Å². The molecule has 1 atom stereocenters. The number of ether oxygens (including phenoxy) is 2. The van der Waals surface area contributed by atoms with Crippen molar-refractivity contribution in [2.24, 2.45) is 5.92 Å². The summed E-state index contributed by atoms with van der Waals surface area (Å²) in [5, 5.41) is 14.2. The average molecular weight is 415 g/mol. The maximum Gasteiger partial charge on any atom is 0.160 e. The van der Waals surface area contributed by atoms with Gasteiger partial charge >= 0.3 is 0 Å². The lowest BCUT2D eigenvalue weighted by Crippen LogP contribution is -2.32. The monoisotopic (exact) mass is 414 g/mol. The highest BCUT2D eigenvalue weighted by Gasteiger charge is 2.36. The molecule has 0 bridgehead atoms. The van der Waals surface area contributed by atoms with Crippen molar-refractivity contribution in [3.8, 4) is 17.6 Å². The smallest absolute Gasteiger partial charge is 0.160 e. The molecule has 0 radical (unpaired) electrons. The van der Waals surface area contributed by atoms with Gasteiger partial charge in [-0.15, -0.1) is 0 Å². The molecule has 0 aliphatic heterocycles. The highest BCUT2D eigenvalue weighted by Crippen LogP contribution is 2.39. The van der Waals surface area contributed by atoms with Crippen LogP contribution in [0.3, 0.4) is 0 Å². The Labute approximate surface area is 179 Å². The average Bonchev–Trinajstić information content (AvgIpc) is 2.73. The molecule has 0 heterocycles. The van der Waals surface area contributed by atoms with Crippen molar-refractivity contribution < 1.29 is 9.47 Å². The standard InChI is InChI=1S/C24H31ClN2O2/c1-18(2)24(17-26,20-8-5-6-9-21(20)25)13-7-14-27-15-12-19-10-11-22(28-3)23(16-19)29-4/h5-6,8-11,16,18,27H,7,12-15H2,1-4H3. The summed E-state index contributed by atoms with van der Waals surface area (Å²) in [6.07, 6.45) is 2.58.